The summed E-state index contributed by atoms with van der Waals surface area (Å²) in [7, 11) is -2.03. The average Bonchev–Trinajstić information content (AvgIpc) is 2.42. The lowest BCUT2D eigenvalue weighted by atomic mass is 10.1. The van der Waals surface area contributed by atoms with Gasteiger partial charge in [0, 0.05) is 17.7 Å². The van der Waals surface area contributed by atoms with Gasteiger partial charge in [0.2, 0.25) is 8.32 Å². The second-order valence-corrected chi connectivity index (χ2v) is 13.4. The van der Waals surface area contributed by atoms with Gasteiger partial charge in [-0.3, -0.25) is 4.79 Å². The molecule has 1 N–H and O–H groups in total. The van der Waals surface area contributed by atoms with Crippen molar-refractivity contribution in [3.8, 4) is 5.75 Å². The van der Waals surface area contributed by atoms with E-state index in [0.717, 1.165) is 11.8 Å². The zero-order chi connectivity index (χ0) is 19.5. The minimum absolute atomic E-state index is 0.0478. The minimum atomic E-state index is -2.03. The summed E-state index contributed by atoms with van der Waals surface area (Å²) in [5, 5.41) is 2.78. The van der Waals surface area contributed by atoms with E-state index in [2.05, 4.69) is 39.2 Å². The van der Waals surface area contributed by atoms with E-state index in [9.17, 15) is 9.59 Å². The van der Waals surface area contributed by atoms with Crippen LogP contribution in [0.25, 0.3) is 0 Å². The Morgan fingerprint density at radius 3 is 2.24 bits per heavy atom. The molecular weight excluding hydrogens is 334 g/mol. The first-order chi connectivity index (χ1) is 11.2. The van der Waals surface area contributed by atoms with Crippen molar-refractivity contribution in [2.24, 2.45) is 0 Å². The number of benzene rings is 1. The molecule has 0 saturated carbocycles. The van der Waals surface area contributed by atoms with Crippen LogP contribution in [0, 0.1) is 0 Å². The van der Waals surface area contributed by atoms with Crippen molar-refractivity contribution in [3.63, 3.8) is 0 Å². The molecule has 0 aliphatic carbocycles. The third kappa shape index (κ3) is 6.53. The fraction of sp³-hybridized carbons (Fsp3) is 0.579. The summed E-state index contributed by atoms with van der Waals surface area (Å²) in [4.78, 5) is 23.0. The Bertz CT molecular complexity index is 627. The van der Waals surface area contributed by atoms with E-state index in [4.69, 9.17) is 9.16 Å². The van der Waals surface area contributed by atoms with Crippen molar-refractivity contribution >= 4 is 20.7 Å². The van der Waals surface area contributed by atoms with Gasteiger partial charge in [-0.1, -0.05) is 20.8 Å². The lowest BCUT2D eigenvalue weighted by Gasteiger charge is -2.37. The van der Waals surface area contributed by atoms with E-state index in [1.807, 2.05) is 20.8 Å². The van der Waals surface area contributed by atoms with Gasteiger partial charge in [-0.05, 0) is 57.1 Å². The second kappa shape index (κ2) is 7.60. The highest BCUT2D eigenvalue weighted by atomic mass is 28.4. The highest BCUT2D eigenvalue weighted by Gasteiger charge is 2.39. The fourth-order valence-corrected chi connectivity index (χ4v) is 2.88. The summed E-state index contributed by atoms with van der Waals surface area (Å²) in [6.07, 6.45) is 0.287. The Labute approximate surface area is 152 Å². The number of hydrogen-bond acceptors (Lipinski definition) is 4. The van der Waals surface area contributed by atoms with Crippen molar-refractivity contribution in [1.82, 2.24) is 5.32 Å². The van der Waals surface area contributed by atoms with Crippen LogP contribution >= 0.6 is 0 Å². The molecule has 0 saturated heterocycles. The standard InChI is InChI=1S/C19H31NO4Si/c1-18(2,3)23-17(22)20-12-15-11-14(13-21)9-10-16(15)24-25(7,8)19(4,5)6/h9-11,13H,12H2,1-8H3,(H,20,22). The van der Waals surface area contributed by atoms with Gasteiger partial charge in [-0.2, -0.15) is 0 Å². The number of alkyl carbamates (subject to hydrolysis) is 1. The van der Waals surface area contributed by atoms with Gasteiger partial charge in [0.15, 0.2) is 0 Å². The van der Waals surface area contributed by atoms with Crippen molar-refractivity contribution in [2.75, 3.05) is 0 Å². The molecule has 0 aromatic heterocycles. The maximum atomic E-state index is 11.9. The molecule has 0 atom stereocenters. The van der Waals surface area contributed by atoms with Crippen LogP contribution in [-0.4, -0.2) is 26.3 Å². The number of hydrogen-bond donors (Lipinski definition) is 1. The third-order valence-electron chi connectivity index (χ3n) is 4.21. The Morgan fingerprint density at radius 2 is 1.76 bits per heavy atom. The molecule has 1 amide bonds. The first-order valence-electron chi connectivity index (χ1n) is 8.49. The van der Waals surface area contributed by atoms with Gasteiger partial charge in [0.25, 0.3) is 0 Å². The Kier molecular flexibility index (Phi) is 6.45. The number of amides is 1. The van der Waals surface area contributed by atoms with E-state index < -0.39 is 20.0 Å². The predicted octanol–water partition coefficient (Wildman–Crippen LogP) is 4.91. The number of nitrogens with one attached hydrogen (secondary N) is 1. The summed E-state index contributed by atoms with van der Waals surface area (Å²) in [5.74, 6) is 0.702. The predicted molar refractivity (Wildman–Crippen MR) is 103 cm³/mol. The van der Waals surface area contributed by atoms with Crippen molar-refractivity contribution in [3.05, 3.63) is 29.3 Å². The maximum absolute atomic E-state index is 11.9. The van der Waals surface area contributed by atoms with Crippen LogP contribution in [-0.2, 0) is 11.3 Å². The molecule has 0 heterocycles. The molecule has 1 rings (SSSR count). The van der Waals surface area contributed by atoms with Gasteiger partial charge in [-0.25, -0.2) is 4.79 Å². The maximum Gasteiger partial charge on any atom is 0.407 e. The number of ether oxygens (including phenoxy) is 1. The lowest BCUT2D eigenvalue weighted by Crippen LogP contribution is -2.44. The molecule has 1 aromatic rings. The molecule has 140 valence electrons. The lowest BCUT2D eigenvalue weighted by molar-refractivity contribution is 0.0523. The van der Waals surface area contributed by atoms with Crippen LogP contribution in [0.2, 0.25) is 18.1 Å². The van der Waals surface area contributed by atoms with Gasteiger partial charge < -0.3 is 14.5 Å². The Morgan fingerprint density at radius 1 is 1.16 bits per heavy atom. The SMILES string of the molecule is CC(C)(C)OC(=O)NCc1cc(C=O)ccc1O[Si](C)(C)C(C)(C)C. The van der Waals surface area contributed by atoms with Crippen molar-refractivity contribution in [2.45, 2.75) is 71.8 Å². The first-order valence-corrected chi connectivity index (χ1v) is 11.4. The minimum Gasteiger partial charge on any atom is -0.543 e. The Balaban J connectivity index is 3.00. The Hall–Kier alpha value is -1.82. The topological polar surface area (TPSA) is 64.6 Å². The molecule has 0 bridgehead atoms. The zero-order valence-electron chi connectivity index (χ0n) is 16.6. The molecule has 1 aromatic carbocycles. The highest BCUT2D eigenvalue weighted by Crippen LogP contribution is 2.38. The number of carbonyl (C=O) groups excluding carboxylic acids is 2. The van der Waals surface area contributed by atoms with Crippen LogP contribution in [0.1, 0.15) is 57.5 Å². The third-order valence-corrected chi connectivity index (χ3v) is 8.56. The zero-order valence-corrected chi connectivity index (χ0v) is 17.6. The monoisotopic (exact) mass is 365 g/mol. The normalized spacial score (nSPS) is 12.5. The molecule has 25 heavy (non-hydrogen) atoms. The molecule has 0 unspecified atom stereocenters. The van der Waals surface area contributed by atoms with E-state index >= 15 is 0 Å². The number of rotatable bonds is 5. The summed E-state index contributed by atoms with van der Waals surface area (Å²) in [6, 6.07) is 5.27. The largest absolute Gasteiger partial charge is 0.543 e. The summed E-state index contributed by atoms with van der Waals surface area (Å²) in [6.45, 7) is 16.5. The molecule has 0 aliphatic heterocycles. The van der Waals surface area contributed by atoms with Gasteiger partial charge >= 0.3 is 6.09 Å². The van der Waals surface area contributed by atoms with Crippen molar-refractivity contribution < 1.29 is 18.8 Å². The smallest absolute Gasteiger partial charge is 0.407 e. The molecule has 6 heteroatoms. The van der Waals surface area contributed by atoms with Crippen LogP contribution in [0.4, 0.5) is 4.79 Å². The average molecular weight is 366 g/mol. The van der Waals surface area contributed by atoms with E-state index in [0.29, 0.717) is 11.3 Å². The van der Waals surface area contributed by atoms with Crippen LogP contribution in [0.5, 0.6) is 5.75 Å². The van der Waals surface area contributed by atoms with Crippen LogP contribution < -0.4 is 9.74 Å². The molecule has 5 nitrogen and oxygen atoms in total. The molecule has 0 spiro atoms. The molecule has 0 aliphatic rings. The van der Waals surface area contributed by atoms with Crippen LogP contribution in [0.3, 0.4) is 0 Å². The number of aldehydes is 1. The fourth-order valence-electron chi connectivity index (χ4n) is 1.82. The van der Waals surface area contributed by atoms with Gasteiger partial charge in [-0.15, -0.1) is 0 Å². The van der Waals surface area contributed by atoms with Gasteiger partial charge in [0.1, 0.15) is 17.6 Å². The van der Waals surface area contributed by atoms with E-state index in [1.165, 1.54) is 0 Å². The van der Waals surface area contributed by atoms with Crippen LogP contribution in [0.15, 0.2) is 18.2 Å². The molecule has 0 fully saturated rings. The summed E-state index contributed by atoms with van der Waals surface area (Å²) >= 11 is 0. The quantitative estimate of drug-likeness (QED) is 0.595. The first kappa shape index (κ1) is 21.2. The van der Waals surface area contributed by atoms with E-state index in [-0.39, 0.29) is 11.6 Å². The second-order valence-electron chi connectivity index (χ2n) is 8.70. The molecular formula is C19H31NO4Si. The highest BCUT2D eigenvalue weighted by molar-refractivity contribution is 6.74. The summed E-state index contributed by atoms with van der Waals surface area (Å²) in [5.41, 5.74) is 0.749. The van der Waals surface area contributed by atoms with Gasteiger partial charge in [0.05, 0.1) is 0 Å². The summed E-state index contributed by atoms with van der Waals surface area (Å²) < 4.78 is 11.6. The molecule has 0 radical (unpaired) electrons. The van der Waals surface area contributed by atoms with Crippen molar-refractivity contribution in [1.29, 1.82) is 0 Å². The number of carbonyl (C=O) groups is 2. The van der Waals surface area contributed by atoms with E-state index in [1.54, 1.807) is 18.2 Å².